The van der Waals surface area contributed by atoms with Gasteiger partial charge in [0.2, 0.25) is 5.91 Å². The molecule has 0 spiro atoms. The maximum atomic E-state index is 12.3. The quantitative estimate of drug-likeness (QED) is 0.229. The molecular weight excluding hydrogens is 498 g/mol. The lowest BCUT2D eigenvalue weighted by Gasteiger charge is -2.18. The molecule has 10 nitrogen and oxygen atoms in total. The average Bonchev–Trinajstić information content (AvgIpc) is 3.16. The first-order valence-corrected chi connectivity index (χ1v) is 14.1. The van der Waals surface area contributed by atoms with Crippen molar-refractivity contribution in [3.8, 4) is 22.6 Å². The van der Waals surface area contributed by atoms with E-state index in [1.165, 1.54) is 13.0 Å². The molecular formula is C23H29NO9S2. The molecule has 1 aliphatic carbocycles. The van der Waals surface area contributed by atoms with Gasteiger partial charge in [-0.05, 0) is 43.0 Å². The number of phenols is 1. The van der Waals surface area contributed by atoms with E-state index in [0.29, 0.717) is 18.4 Å². The fourth-order valence-corrected chi connectivity index (χ4v) is 5.86. The highest BCUT2D eigenvalue weighted by atomic mass is 32.2. The molecule has 0 saturated heterocycles. The van der Waals surface area contributed by atoms with Crippen molar-refractivity contribution in [2.75, 3.05) is 13.2 Å². The normalized spacial score (nSPS) is 12.8. The zero-order chi connectivity index (χ0) is 26.1. The van der Waals surface area contributed by atoms with Gasteiger partial charge in [-0.1, -0.05) is 20.3 Å². The number of benzene rings is 2. The van der Waals surface area contributed by atoms with Crippen molar-refractivity contribution < 1.29 is 40.6 Å². The van der Waals surface area contributed by atoms with Crippen LogP contribution in [0.5, 0.6) is 11.5 Å². The molecule has 0 aromatic heterocycles. The summed E-state index contributed by atoms with van der Waals surface area (Å²) < 4.78 is 74.7. The minimum absolute atomic E-state index is 0.0506. The summed E-state index contributed by atoms with van der Waals surface area (Å²) in [7, 11) is -9.64. The second-order valence-corrected chi connectivity index (χ2v) is 11.2. The molecule has 0 bridgehead atoms. The van der Waals surface area contributed by atoms with Crippen LogP contribution in [0.4, 0.5) is 0 Å². The number of fused-ring (bicyclic) bond motifs is 3. The highest BCUT2D eigenvalue weighted by Crippen LogP contribution is 2.52. The van der Waals surface area contributed by atoms with E-state index in [1.807, 2.05) is 6.92 Å². The third-order valence-corrected chi connectivity index (χ3v) is 7.70. The number of aryl methyl sites for hydroxylation is 2. The fourth-order valence-electron chi connectivity index (χ4n) is 4.28. The van der Waals surface area contributed by atoms with E-state index in [0.717, 1.165) is 18.9 Å². The molecule has 35 heavy (non-hydrogen) atoms. The van der Waals surface area contributed by atoms with Crippen molar-refractivity contribution in [3.05, 3.63) is 34.4 Å². The Balaban J connectivity index is 2.15. The number of carbonyl (C=O) groups is 1. The van der Waals surface area contributed by atoms with Gasteiger partial charge in [0, 0.05) is 35.1 Å². The molecule has 0 atom stereocenters. The number of unbranched alkanes of at least 4 members (excludes halogenated alkanes) is 1. The first-order valence-electron chi connectivity index (χ1n) is 11.2. The van der Waals surface area contributed by atoms with Gasteiger partial charge in [0.05, 0.1) is 6.54 Å². The third-order valence-electron chi connectivity index (χ3n) is 5.94. The molecule has 1 amide bonds. The minimum atomic E-state index is -4.82. The lowest BCUT2D eigenvalue weighted by atomic mass is 10.00. The Morgan fingerprint density at radius 1 is 1.03 bits per heavy atom. The predicted octanol–water partition coefficient (Wildman–Crippen LogP) is 3.01. The number of amides is 1. The summed E-state index contributed by atoms with van der Waals surface area (Å²) in [5.41, 5.74) is 0.624. The summed E-state index contributed by atoms with van der Waals surface area (Å²) >= 11 is 0. The van der Waals surface area contributed by atoms with Gasteiger partial charge in [-0.25, -0.2) is 0 Å². The molecule has 1 aliphatic rings. The second-order valence-electron chi connectivity index (χ2n) is 8.39. The van der Waals surface area contributed by atoms with Gasteiger partial charge in [0.15, 0.2) is 0 Å². The van der Waals surface area contributed by atoms with Crippen LogP contribution in [-0.2, 0) is 37.9 Å². The number of nitrogens with one attached hydrogen (secondary N) is 1. The maximum absolute atomic E-state index is 12.3. The van der Waals surface area contributed by atoms with Gasteiger partial charge in [0.1, 0.15) is 27.9 Å². The molecule has 0 unspecified atom stereocenters. The van der Waals surface area contributed by atoms with Gasteiger partial charge in [0.25, 0.3) is 20.2 Å². The largest absolute Gasteiger partial charge is 0.507 e. The van der Waals surface area contributed by atoms with Crippen LogP contribution in [0.15, 0.2) is 21.9 Å². The van der Waals surface area contributed by atoms with Crippen LogP contribution < -0.4 is 10.1 Å². The van der Waals surface area contributed by atoms with Crippen LogP contribution >= 0.6 is 0 Å². The molecule has 12 heteroatoms. The zero-order valence-corrected chi connectivity index (χ0v) is 21.3. The zero-order valence-electron chi connectivity index (χ0n) is 19.7. The van der Waals surface area contributed by atoms with E-state index in [4.69, 9.17) is 4.74 Å². The van der Waals surface area contributed by atoms with Gasteiger partial charge < -0.3 is 15.2 Å². The van der Waals surface area contributed by atoms with Crippen LogP contribution in [0.1, 0.15) is 55.4 Å². The molecule has 0 saturated carbocycles. The fraction of sp³-hybridized carbons (Fsp3) is 0.435. The van der Waals surface area contributed by atoms with Crippen LogP contribution in [0, 0.1) is 6.92 Å². The summed E-state index contributed by atoms with van der Waals surface area (Å²) in [5.74, 6) is -0.104. The first-order chi connectivity index (χ1) is 16.3. The van der Waals surface area contributed by atoms with Crippen LogP contribution in [0.3, 0.4) is 0 Å². The Morgan fingerprint density at radius 2 is 1.63 bits per heavy atom. The summed E-state index contributed by atoms with van der Waals surface area (Å²) in [6.45, 7) is 5.42. The molecule has 2 aromatic rings. The summed E-state index contributed by atoms with van der Waals surface area (Å²) in [6, 6.07) is 2.25. The summed E-state index contributed by atoms with van der Waals surface area (Å²) in [4.78, 5) is 10.7. The third kappa shape index (κ3) is 5.45. The minimum Gasteiger partial charge on any atom is -0.507 e. The van der Waals surface area contributed by atoms with Gasteiger partial charge in [-0.3, -0.25) is 13.9 Å². The van der Waals surface area contributed by atoms with Crippen LogP contribution in [0.2, 0.25) is 0 Å². The molecule has 2 aromatic carbocycles. The standard InChI is InChI=1S/C23H29NO9S2/c1-4-6-7-19(25)24-8-9-33-23-14(5-2)11-18(35(30,31)32)21-16(23)12-15-20(21)17(34(27,28)29)10-13(3)22(15)26/h10-11,26H,4-9,12H2,1-3H3,(H,24,25)(H,27,28,29)(H,30,31,32). The highest BCUT2D eigenvalue weighted by molar-refractivity contribution is 7.86. The molecule has 0 heterocycles. The van der Waals surface area contributed by atoms with E-state index in [-0.39, 0.29) is 64.8 Å². The van der Waals surface area contributed by atoms with Crippen molar-refractivity contribution in [2.24, 2.45) is 0 Å². The van der Waals surface area contributed by atoms with Crippen molar-refractivity contribution in [2.45, 2.75) is 62.7 Å². The number of hydrogen-bond acceptors (Lipinski definition) is 7. The molecule has 0 fully saturated rings. The number of aromatic hydroxyl groups is 1. The second kappa shape index (κ2) is 10.1. The molecule has 0 aliphatic heterocycles. The molecule has 4 N–H and O–H groups in total. The Morgan fingerprint density at radius 3 is 2.20 bits per heavy atom. The Labute approximate surface area is 204 Å². The first kappa shape index (κ1) is 26.9. The Kier molecular flexibility index (Phi) is 7.80. The van der Waals surface area contributed by atoms with E-state index in [2.05, 4.69) is 5.32 Å². The highest BCUT2D eigenvalue weighted by Gasteiger charge is 2.37. The SMILES string of the molecule is CCCCC(=O)NCCOc1c(CC)cc(S(=O)(=O)O)c2c1Cc1c(O)c(C)cc(S(=O)(=O)O)c1-2. The number of rotatable bonds is 10. The molecule has 192 valence electrons. The monoisotopic (exact) mass is 527 g/mol. The summed E-state index contributed by atoms with van der Waals surface area (Å²) in [6.07, 6.45) is 2.26. The van der Waals surface area contributed by atoms with Crippen molar-refractivity contribution >= 4 is 26.1 Å². The van der Waals surface area contributed by atoms with E-state index >= 15 is 0 Å². The Hall–Kier alpha value is -2.67. The summed E-state index contributed by atoms with van der Waals surface area (Å²) in [5, 5.41) is 13.4. The maximum Gasteiger partial charge on any atom is 0.295 e. The predicted molar refractivity (Wildman–Crippen MR) is 128 cm³/mol. The molecule has 3 rings (SSSR count). The van der Waals surface area contributed by atoms with E-state index in [1.54, 1.807) is 6.92 Å². The average molecular weight is 528 g/mol. The molecule has 0 radical (unpaired) electrons. The van der Waals surface area contributed by atoms with Gasteiger partial charge in [-0.2, -0.15) is 16.8 Å². The number of ether oxygens (including phenoxy) is 1. The lowest BCUT2D eigenvalue weighted by Crippen LogP contribution is -2.28. The van der Waals surface area contributed by atoms with Crippen LogP contribution in [0.25, 0.3) is 11.1 Å². The lowest BCUT2D eigenvalue weighted by molar-refractivity contribution is -0.121. The van der Waals surface area contributed by atoms with Crippen molar-refractivity contribution in [1.82, 2.24) is 5.32 Å². The van der Waals surface area contributed by atoms with E-state index < -0.39 is 30.0 Å². The van der Waals surface area contributed by atoms with Crippen LogP contribution in [-0.4, -0.2) is 50.1 Å². The topological polar surface area (TPSA) is 167 Å². The Bertz CT molecular complexity index is 1380. The van der Waals surface area contributed by atoms with Gasteiger partial charge >= 0.3 is 0 Å². The smallest absolute Gasteiger partial charge is 0.295 e. The number of phenolic OH excluding ortho intramolecular Hbond substituents is 1. The van der Waals surface area contributed by atoms with Gasteiger partial charge in [-0.15, -0.1) is 0 Å². The number of carbonyl (C=O) groups excluding carboxylic acids is 1. The van der Waals surface area contributed by atoms with E-state index in [9.17, 15) is 35.8 Å². The number of hydrogen-bond donors (Lipinski definition) is 4. The van der Waals surface area contributed by atoms with Crippen molar-refractivity contribution in [1.29, 1.82) is 0 Å². The van der Waals surface area contributed by atoms with Crippen molar-refractivity contribution in [3.63, 3.8) is 0 Å².